The van der Waals surface area contributed by atoms with Gasteiger partial charge >= 0.3 is 5.97 Å². The van der Waals surface area contributed by atoms with E-state index < -0.39 is 5.60 Å². The number of esters is 1. The highest BCUT2D eigenvalue weighted by atomic mass is 16.6. The summed E-state index contributed by atoms with van der Waals surface area (Å²) in [6.45, 7) is 12.3. The molecule has 112 valence electrons. The lowest BCUT2D eigenvalue weighted by molar-refractivity contribution is -0.153. The molecule has 3 nitrogen and oxygen atoms in total. The Kier molecular flexibility index (Phi) is 5.75. The lowest BCUT2D eigenvalue weighted by Gasteiger charge is -2.21. The van der Waals surface area contributed by atoms with E-state index in [2.05, 4.69) is 50.4 Å². The normalized spacial score (nSPS) is 13.3. The minimum Gasteiger partial charge on any atom is -0.459 e. The first-order valence-corrected chi connectivity index (χ1v) is 7.24. The summed E-state index contributed by atoms with van der Waals surface area (Å²) in [7, 11) is 0. The van der Waals surface area contributed by atoms with Gasteiger partial charge in [0, 0.05) is 6.04 Å². The highest BCUT2D eigenvalue weighted by Crippen LogP contribution is 2.18. The summed E-state index contributed by atoms with van der Waals surface area (Å²) in [5.41, 5.74) is 2.08. The Morgan fingerprint density at radius 2 is 1.60 bits per heavy atom. The Morgan fingerprint density at radius 3 is 2.05 bits per heavy atom. The first-order valence-electron chi connectivity index (χ1n) is 7.24. The average molecular weight is 277 g/mol. The summed E-state index contributed by atoms with van der Waals surface area (Å²) in [5.74, 6) is 0.317. The van der Waals surface area contributed by atoms with Crippen LogP contribution in [0.4, 0.5) is 0 Å². The molecule has 0 amide bonds. The molecule has 0 aliphatic carbocycles. The second-order valence-electron chi connectivity index (χ2n) is 6.51. The number of carbonyl (C=O) groups is 1. The minimum absolute atomic E-state index is 0.128. The van der Waals surface area contributed by atoms with Crippen LogP contribution in [-0.4, -0.2) is 18.1 Å². The molecule has 0 fully saturated rings. The van der Waals surface area contributed by atoms with Crippen molar-refractivity contribution in [2.24, 2.45) is 0 Å². The fraction of sp³-hybridized carbons (Fsp3) is 0.588. The van der Waals surface area contributed by atoms with Gasteiger partial charge in [0.2, 0.25) is 0 Å². The van der Waals surface area contributed by atoms with E-state index in [1.807, 2.05) is 20.8 Å². The zero-order valence-electron chi connectivity index (χ0n) is 13.5. The molecule has 0 radical (unpaired) electrons. The van der Waals surface area contributed by atoms with Crippen molar-refractivity contribution in [3.8, 4) is 0 Å². The van der Waals surface area contributed by atoms with Crippen molar-refractivity contribution in [2.45, 2.75) is 59.1 Å². The second-order valence-corrected chi connectivity index (χ2v) is 6.51. The topological polar surface area (TPSA) is 38.3 Å². The maximum atomic E-state index is 11.7. The summed E-state index contributed by atoms with van der Waals surface area (Å²) in [4.78, 5) is 11.7. The molecule has 1 atom stereocenters. The van der Waals surface area contributed by atoms with E-state index in [0.717, 1.165) is 0 Å². The van der Waals surface area contributed by atoms with Crippen molar-refractivity contribution in [1.82, 2.24) is 5.32 Å². The molecular formula is C17H27NO2. The van der Waals surface area contributed by atoms with Gasteiger partial charge in [0.1, 0.15) is 5.60 Å². The van der Waals surface area contributed by atoms with E-state index in [-0.39, 0.29) is 18.6 Å². The van der Waals surface area contributed by atoms with Gasteiger partial charge in [0.15, 0.2) is 0 Å². The van der Waals surface area contributed by atoms with Crippen molar-refractivity contribution in [2.75, 3.05) is 6.54 Å². The van der Waals surface area contributed by atoms with Gasteiger partial charge in [-0.3, -0.25) is 4.79 Å². The fourth-order valence-electron chi connectivity index (χ4n) is 1.90. The molecular weight excluding hydrogens is 250 g/mol. The Bertz CT molecular complexity index is 429. The van der Waals surface area contributed by atoms with Crippen molar-refractivity contribution in [3.05, 3.63) is 35.4 Å². The van der Waals surface area contributed by atoms with Crippen molar-refractivity contribution in [1.29, 1.82) is 0 Å². The zero-order chi connectivity index (χ0) is 15.3. The largest absolute Gasteiger partial charge is 0.459 e. The Hall–Kier alpha value is -1.35. The van der Waals surface area contributed by atoms with E-state index in [1.54, 1.807) is 0 Å². The van der Waals surface area contributed by atoms with Gasteiger partial charge in [-0.1, -0.05) is 38.1 Å². The van der Waals surface area contributed by atoms with Gasteiger partial charge in [-0.15, -0.1) is 0 Å². The minimum atomic E-state index is -0.430. The van der Waals surface area contributed by atoms with Gasteiger partial charge in [-0.25, -0.2) is 0 Å². The van der Waals surface area contributed by atoms with Crippen LogP contribution in [0.25, 0.3) is 0 Å². The zero-order valence-corrected chi connectivity index (χ0v) is 13.5. The maximum Gasteiger partial charge on any atom is 0.320 e. The van der Waals surface area contributed by atoms with Gasteiger partial charge in [0.25, 0.3) is 0 Å². The molecule has 0 saturated carbocycles. The predicted octanol–water partition coefficient (Wildman–Crippen LogP) is 3.80. The molecule has 1 rings (SSSR count). The van der Waals surface area contributed by atoms with Crippen LogP contribution in [-0.2, 0) is 9.53 Å². The van der Waals surface area contributed by atoms with Crippen molar-refractivity contribution < 1.29 is 9.53 Å². The molecule has 0 aliphatic rings. The molecule has 1 N–H and O–H groups in total. The van der Waals surface area contributed by atoms with Gasteiger partial charge in [-0.2, -0.15) is 0 Å². The van der Waals surface area contributed by atoms with E-state index in [4.69, 9.17) is 4.74 Å². The van der Waals surface area contributed by atoms with Crippen molar-refractivity contribution >= 4 is 5.97 Å². The summed E-state index contributed by atoms with van der Waals surface area (Å²) in [6, 6.07) is 8.64. The molecule has 1 aromatic carbocycles. The van der Waals surface area contributed by atoms with E-state index in [1.165, 1.54) is 11.1 Å². The summed E-state index contributed by atoms with van der Waals surface area (Å²) in [5, 5.41) is 3.20. The third-order valence-corrected chi connectivity index (χ3v) is 3.08. The molecule has 20 heavy (non-hydrogen) atoms. The van der Waals surface area contributed by atoms with E-state index >= 15 is 0 Å². The first-order chi connectivity index (χ1) is 9.19. The van der Waals surface area contributed by atoms with Crippen LogP contribution in [0.1, 0.15) is 64.6 Å². The molecule has 0 aromatic heterocycles. The second kappa shape index (κ2) is 6.89. The predicted molar refractivity (Wildman–Crippen MR) is 82.8 cm³/mol. The number of ether oxygens (including phenoxy) is 1. The molecule has 0 heterocycles. The van der Waals surface area contributed by atoms with Gasteiger partial charge < -0.3 is 10.1 Å². The molecule has 0 bridgehead atoms. The third-order valence-electron chi connectivity index (χ3n) is 3.08. The number of nitrogens with one attached hydrogen (secondary N) is 1. The van der Waals surface area contributed by atoms with Crippen LogP contribution in [0.5, 0.6) is 0 Å². The van der Waals surface area contributed by atoms with E-state index in [9.17, 15) is 4.79 Å². The summed E-state index contributed by atoms with van der Waals surface area (Å²) < 4.78 is 5.27. The lowest BCUT2D eigenvalue weighted by atomic mass is 10.00. The summed E-state index contributed by atoms with van der Waals surface area (Å²) in [6.07, 6.45) is 0. The third kappa shape index (κ3) is 5.74. The van der Waals surface area contributed by atoms with Crippen LogP contribution in [0.15, 0.2) is 24.3 Å². The molecule has 0 aliphatic heterocycles. The smallest absolute Gasteiger partial charge is 0.320 e. The number of rotatable bonds is 5. The van der Waals surface area contributed by atoms with Crippen LogP contribution in [0.2, 0.25) is 0 Å². The Balaban J connectivity index is 2.50. The monoisotopic (exact) mass is 277 g/mol. The molecule has 1 aromatic rings. The Labute approximate surface area is 122 Å². The molecule has 1 unspecified atom stereocenters. The average Bonchev–Trinajstić information content (AvgIpc) is 2.34. The maximum absolute atomic E-state index is 11.7. The first kappa shape index (κ1) is 16.7. The SMILES string of the molecule is CC(C)c1ccc(C(C)NCC(=O)OC(C)(C)C)cc1. The van der Waals surface area contributed by atoms with Crippen LogP contribution in [0.3, 0.4) is 0 Å². The van der Waals surface area contributed by atoms with Gasteiger partial charge in [0.05, 0.1) is 6.54 Å². The van der Waals surface area contributed by atoms with Crippen LogP contribution in [0, 0.1) is 0 Å². The lowest BCUT2D eigenvalue weighted by Crippen LogP contribution is -2.32. The molecule has 0 spiro atoms. The van der Waals surface area contributed by atoms with Gasteiger partial charge in [-0.05, 0) is 44.7 Å². The highest BCUT2D eigenvalue weighted by molar-refractivity contribution is 5.72. The standard InChI is InChI=1S/C17H27NO2/c1-12(2)14-7-9-15(10-8-14)13(3)18-11-16(19)20-17(4,5)6/h7-10,12-13,18H,11H2,1-6H3. The molecule has 0 saturated heterocycles. The van der Waals surface area contributed by atoms with Crippen LogP contribution >= 0.6 is 0 Å². The van der Waals surface area contributed by atoms with E-state index in [0.29, 0.717) is 5.92 Å². The highest BCUT2D eigenvalue weighted by Gasteiger charge is 2.16. The number of hydrogen-bond acceptors (Lipinski definition) is 3. The van der Waals surface area contributed by atoms with Crippen LogP contribution < -0.4 is 5.32 Å². The quantitative estimate of drug-likeness (QED) is 0.832. The number of carbonyl (C=O) groups excluding carboxylic acids is 1. The number of benzene rings is 1. The Morgan fingerprint density at radius 1 is 1.10 bits per heavy atom. The van der Waals surface area contributed by atoms with Crippen molar-refractivity contribution in [3.63, 3.8) is 0 Å². The fourth-order valence-corrected chi connectivity index (χ4v) is 1.90. The summed E-state index contributed by atoms with van der Waals surface area (Å²) >= 11 is 0. The molecule has 3 heteroatoms. The number of hydrogen-bond donors (Lipinski definition) is 1.